The maximum absolute atomic E-state index is 12.4. The molecule has 138 valence electrons. The van der Waals surface area contributed by atoms with Gasteiger partial charge in [0.2, 0.25) is 15.9 Å². The van der Waals surface area contributed by atoms with Gasteiger partial charge in [-0.3, -0.25) is 4.79 Å². The van der Waals surface area contributed by atoms with Crippen LogP contribution in [-0.4, -0.2) is 42.5 Å². The molecule has 0 spiro atoms. The normalized spacial score (nSPS) is 18.8. The van der Waals surface area contributed by atoms with Crippen LogP contribution in [0.2, 0.25) is 0 Å². The molecule has 24 heavy (non-hydrogen) atoms. The van der Waals surface area contributed by atoms with Gasteiger partial charge >= 0.3 is 0 Å². The average Bonchev–Trinajstić information content (AvgIpc) is 3.00. The van der Waals surface area contributed by atoms with Crippen LogP contribution in [0.5, 0.6) is 0 Å². The highest BCUT2D eigenvalue weighted by Gasteiger charge is 2.30. The molecule has 0 radical (unpaired) electrons. The summed E-state index contributed by atoms with van der Waals surface area (Å²) in [4.78, 5) is 15.5. The van der Waals surface area contributed by atoms with Crippen LogP contribution in [0.3, 0.4) is 0 Å². The summed E-state index contributed by atoms with van der Waals surface area (Å²) in [6.07, 6.45) is 3.43. The molecule has 1 unspecified atom stereocenters. The first-order valence-electron chi connectivity index (χ1n) is 8.09. The fourth-order valence-corrected chi connectivity index (χ4v) is 5.33. The minimum atomic E-state index is -3.15. The Morgan fingerprint density at radius 1 is 1.50 bits per heavy atom. The van der Waals surface area contributed by atoms with Gasteiger partial charge in [-0.25, -0.2) is 17.7 Å². The molecule has 1 N–H and O–H groups in total. The first-order chi connectivity index (χ1) is 10.9. The van der Waals surface area contributed by atoms with Crippen LogP contribution in [0.1, 0.15) is 63.6 Å². The number of aromatic nitrogens is 1. The zero-order chi connectivity index (χ0) is 16.9. The second kappa shape index (κ2) is 9.48. The van der Waals surface area contributed by atoms with Gasteiger partial charge < -0.3 is 5.32 Å². The number of rotatable bonds is 7. The Labute approximate surface area is 149 Å². The summed E-state index contributed by atoms with van der Waals surface area (Å²) in [7, 11) is -3.15. The standard InChI is InChI=1S/C15H25N3O3S2.CH4/c1-3-4-8-23(20,21)18-7-5-6-13(10-18)15-17-14(11-22-15)9-16-12(2)19;/h11,13H,3-10H2,1-2H3,(H,16,19);1H4. The van der Waals surface area contributed by atoms with Crippen molar-refractivity contribution in [2.24, 2.45) is 0 Å². The van der Waals surface area contributed by atoms with E-state index in [9.17, 15) is 13.2 Å². The minimum absolute atomic E-state index is 0. The molecule has 1 aromatic heterocycles. The van der Waals surface area contributed by atoms with Crippen molar-refractivity contribution < 1.29 is 13.2 Å². The van der Waals surface area contributed by atoms with Gasteiger partial charge in [-0.1, -0.05) is 20.8 Å². The van der Waals surface area contributed by atoms with E-state index in [1.165, 1.54) is 6.92 Å². The maximum Gasteiger partial charge on any atom is 0.217 e. The summed E-state index contributed by atoms with van der Waals surface area (Å²) in [5.74, 6) is 0.323. The third kappa shape index (κ3) is 5.82. The lowest BCUT2D eigenvalue weighted by molar-refractivity contribution is -0.119. The monoisotopic (exact) mass is 375 g/mol. The van der Waals surface area contributed by atoms with Crippen molar-refractivity contribution >= 4 is 27.3 Å². The van der Waals surface area contributed by atoms with Crippen molar-refractivity contribution in [3.8, 4) is 0 Å². The lowest BCUT2D eigenvalue weighted by Crippen LogP contribution is -2.40. The van der Waals surface area contributed by atoms with Crippen molar-refractivity contribution in [2.75, 3.05) is 18.8 Å². The number of hydrogen-bond donors (Lipinski definition) is 1. The zero-order valence-electron chi connectivity index (χ0n) is 13.7. The molecule has 0 aromatic carbocycles. The van der Waals surface area contributed by atoms with Crippen LogP contribution < -0.4 is 5.32 Å². The summed E-state index contributed by atoms with van der Waals surface area (Å²) < 4.78 is 26.4. The van der Waals surface area contributed by atoms with E-state index in [1.807, 2.05) is 12.3 Å². The van der Waals surface area contributed by atoms with Gasteiger partial charge in [-0.05, 0) is 19.3 Å². The van der Waals surface area contributed by atoms with Crippen LogP contribution in [0.4, 0.5) is 0 Å². The summed E-state index contributed by atoms with van der Waals surface area (Å²) in [6.45, 7) is 5.05. The second-order valence-corrected chi connectivity index (χ2v) is 8.93. The van der Waals surface area contributed by atoms with E-state index in [0.717, 1.165) is 30.0 Å². The molecule has 0 aliphatic carbocycles. The number of thiazole rings is 1. The third-order valence-electron chi connectivity index (χ3n) is 3.97. The Kier molecular flexibility index (Phi) is 8.32. The number of nitrogens with one attached hydrogen (secondary N) is 1. The van der Waals surface area contributed by atoms with Crippen molar-refractivity contribution in [3.63, 3.8) is 0 Å². The van der Waals surface area contributed by atoms with E-state index in [0.29, 0.717) is 26.1 Å². The van der Waals surface area contributed by atoms with Crippen LogP contribution in [0.25, 0.3) is 0 Å². The smallest absolute Gasteiger partial charge is 0.217 e. The van der Waals surface area contributed by atoms with Crippen LogP contribution in [0, 0.1) is 0 Å². The molecule has 6 nitrogen and oxygen atoms in total. The lowest BCUT2D eigenvalue weighted by atomic mass is 10.0. The van der Waals surface area contributed by atoms with E-state index in [2.05, 4.69) is 10.3 Å². The fourth-order valence-electron chi connectivity index (χ4n) is 2.66. The Hall–Kier alpha value is -0.990. The molecule has 1 atom stereocenters. The van der Waals surface area contributed by atoms with E-state index in [1.54, 1.807) is 15.6 Å². The summed E-state index contributed by atoms with van der Waals surface area (Å²) in [5.41, 5.74) is 0.839. The molecule has 1 fully saturated rings. The number of carbonyl (C=O) groups excluding carboxylic acids is 1. The Morgan fingerprint density at radius 2 is 2.25 bits per heavy atom. The molecule has 1 aromatic rings. The molecular formula is C16H29N3O3S2. The highest BCUT2D eigenvalue weighted by atomic mass is 32.2. The Morgan fingerprint density at radius 3 is 2.92 bits per heavy atom. The van der Waals surface area contributed by atoms with E-state index >= 15 is 0 Å². The minimum Gasteiger partial charge on any atom is -0.351 e. The van der Waals surface area contributed by atoms with Crippen molar-refractivity contribution in [1.82, 2.24) is 14.6 Å². The number of nitrogens with zero attached hydrogens (tertiary/aromatic N) is 2. The molecule has 0 bridgehead atoms. The van der Waals surface area contributed by atoms with Gasteiger partial charge in [0, 0.05) is 31.3 Å². The number of hydrogen-bond acceptors (Lipinski definition) is 5. The first kappa shape index (κ1) is 21.1. The largest absolute Gasteiger partial charge is 0.351 e. The predicted molar refractivity (Wildman–Crippen MR) is 98.6 cm³/mol. The predicted octanol–water partition coefficient (Wildman–Crippen LogP) is 2.72. The van der Waals surface area contributed by atoms with Crippen LogP contribution in [-0.2, 0) is 21.4 Å². The first-order valence-corrected chi connectivity index (χ1v) is 10.6. The van der Waals surface area contributed by atoms with E-state index < -0.39 is 10.0 Å². The summed E-state index contributed by atoms with van der Waals surface area (Å²) in [6, 6.07) is 0. The SMILES string of the molecule is C.CCCCS(=O)(=O)N1CCCC(c2nc(CNC(C)=O)cs2)C1. The van der Waals surface area contributed by atoms with Gasteiger partial charge in [-0.2, -0.15) is 0 Å². The Balaban J connectivity index is 0.00000288. The number of carbonyl (C=O) groups is 1. The van der Waals surface area contributed by atoms with E-state index in [4.69, 9.17) is 0 Å². The van der Waals surface area contributed by atoms with Gasteiger partial charge in [0.05, 0.1) is 23.0 Å². The van der Waals surface area contributed by atoms with Crippen molar-refractivity contribution in [1.29, 1.82) is 0 Å². The van der Waals surface area contributed by atoms with Crippen molar-refractivity contribution in [3.05, 3.63) is 16.1 Å². The van der Waals surface area contributed by atoms with Crippen molar-refractivity contribution in [2.45, 2.75) is 59.4 Å². The molecule has 2 rings (SSSR count). The van der Waals surface area contributed by atoms with E-state index in [-0.39, 0.29) is 25.0 Å². The van der Waals surface area contributed by atoms with Crippen LogP contribution >= 0.6 is 11.3 Å². The second-order valence-electron chi connectivity index (χ2n) is 5.95. The molecule has 1 aliphatic rings. The highest BCUT2D eigenvalue weighted by molar-refractivity contribution is 7.89. The molecule has 8 heteroatoms. The van der Waals surface area contributed by atoms with Crippen LogP contribution in [0.15, 0.2) is 5.38 Å². The fraction of sp³-hybridized carbons (Fsp3) is 0.750. The molecule has 1 saturated heterocycles. The molecular weight excluding hydrogens is 346 g/mol. The number of unbranched alkanes of at least 4 members (excludes halogenated alkanes) is 1. The average molecular weight is 376 g/mol. The number of amides is 1. The molecule has 1 amide bonds. The number of sulfonamides is 1. The molecule has 1 aliphatic heterocycles. The third-order valence-corrected chi connectivity index (χ3v) is 6.95. The summed E-state index contributed by atoms with van der Waals surface area (Å²) in [5, 5.41) is 5.65. The highest BCUT2D eigenvalue weighted by Crippen LogP contribution is 2.30. The Bertz CT molecular complexity index is 628. The maximum atomic E-state index is 12.4. The summed E-state index contributed by atoms with van der Waals surface area (Å²) >= 11 is 1.55. The van der Waals surface area contributed by atoms with Gasteiger partial charge in [0.25, 0.3) is 0 Å². The van der Waals surface area contributed by atoms with Gasteiger partial charge in [0.15, 0.2) is 0 Å². The quantitative estimate of drug-likeness (QED) is 0.795. The molecule has 0 saturated carbocycles. The number of piperidine rings is 1. The lowest BCUT2D eigenvalue weighted by Gasteiger charge is -2.31. The van der Waals surface area contributed by atoms with Gasteiger partial charge in [-0.15, -0.1) is 11.3 Å². The molecule has 2 heterocycles. The topological polar surface area (TPSA) is 79.4 Å². The zero-order valence-corrected chi connectivity index (χ0v) is 15.4. The van der Waals surface area contributed by atoms with Gasteiger partial charge in [0.1, 0.15) is 0 Å².